The van der Waals surface area contributed by atoms with Gasteiger partial charge in [0, 0.05) is 13.8 Å². The van der Waals surface area contributed by atoms with Gasteiger partial charge in [0.1, 0.15) is 5.76 Å². The van der Waals surface area contributed by atoms with Crippen molar-refractivity contribution in [2.45, 2.75) is 0 Å². The largest absolute Gasteiger partial charge is 0.448 e. The van der Waals surface area contributed by atoms with Crippen LogP contribution in [0.2, 0.25) is 0 Å². The van der Waals surface area contributed by atoms with Crippen molar-refractivity contribution < 1.29 is 4.42 Å². The van der Waals surface area contributed by atoms with Crippen LogP contribution in [-0.4, -0.2) is 4.98 Å². The van der Waals surface area contributed by atoms with E-state index in [9.17, 15) is 0 Å². The molecule has 0 aromatic carbocycles. The Bertz CT molecular complexity index is 140. The van der Waals surface area contributed by atoms with Crippen molar-refractivity contribution in [2.24, 2.45) is 0 Å². The van der Waals surface area contributed by atoms with Gasteiger partial charge in [0.2, 0.25) is 0 Å². The number of rotatable bonds is 0. The van der Waals surface area contributed by atoms with Crippen molar-refractivity contribution >= 4 is 0 Å². The Labute approximate surface area is 42.2 Å². The lowest BCUT2D eigenvalue weighted by molar-refractivity contribution is 0.540. The molecule has 0 aliphatic carbocycles. The van der Waals surface area contributed by atoms with Gasteiger partial charge >= 0.3 is 0 Å². The predicted octanol–water partition coefficient (Wildman–Crippen LogP) is 0.793. The molecule has 0 spiro atoms. The third-order valence-electron chi connectivity index (χ3n) is 0.624. The van der Waals surface area contributed by atoms with E-state index in [1.165, 1.54) is 6.39 Å². The molecule has 1 heterocycles. The highest BCUT2D eigenvalue weighted by Gasteiger charge is 1.91. The minimum atomic E-state index is 0.181. The number of oxazole rings is 1. The minimum absolute atomic E-state index is 0.181. The topological polar surface area (TPSA) is 26.0 Å². The molecule has 0 amide bonds. The Hall–Kier alpha value is -0.790. The molecule has 1 aromatic heterocycles. The van der Waals surface area contributed by atoms with Crippen LogP contribution in [0.15, 0.2) is 10.8 Å². The Kier molecular flexibility index (Phi) is 0.855. The van der Waals surface area contributed by atoms with E-state index in [1.807, 2.05) is 0 Å². The highest BCUT2D eigenvalue weighted by atomic mass is 16.3. The van der Waals surface area contributed by atoms with Gasteiger partial charge in [0.05, 0.1) is 5.69 Å². The molecule has 0 aliphatic rings. The smallest absolute Gasteiger partial charge is 0.181 e. The average Bonchev–Trinajstić information content (AvgIpc) is 1.91. The molecule has 0 atom stereocenters. The number of nitrogens with zero attached hydrogens (tertiary/aromatic N) is 1. The summed E-state index contributed by atoms with van der Waals surface area (Å²) in [5, 5.41) is 0. The molecular weight excluding hydrogens is 90.1 g/mol. The summed E-state index contributed by atoms with van der Waals surface area (Å²) in [6.45, 7) is 10.2. The Morgan fingerprint density at radius 3 is 2.43 bits per heavy atom. The van der Waals surface area contributed by atoms with E-state index in [0.29, 0.717) is 0 Å². The van der Waals surface area contributed by atoms with Crippen LogP contribution in [0.25, 0.3) is 0 Å². The lowest BCUT2D eigenvalue weighted by Crippen LogP contribution is -1.69. The second-order valence-electron chi connectivity index (χ2n) is 1.10. The highest BCUT2D eigenvalue weighted by Crippen LogP contribution is 1.99. The predicted molar refractivity (Wildman–Crippen MR) is 23.3 cm³/mol. The highest BCUT2D eigenvalue weighted by molar-refractivity contribution is 5.12. The van der Waals surface area contributed by atoms with Gasteiger partial charge in [-0.15, -0.1) is 0 Å². The van der Waals surface area contributed by atoms with E-state index >= 15 is 0 Å². The lowest BCUT2D eigenvalue weighted by Gasteiger charge is -1.75. The third-order valence-corrected chi connectivity index (χ3v) is 0.624. The van der Waals surface area contributed by atoms with Gasteiger partial charge in [-0.1, -0.05) is 0 Å². The summed E-state index contributed by atoms with van der Waals surface area (Å²) in [5.41, 5.74) is 0.250. The first-order valence-corrected chi connectivity index (χ1v) is 1.75. The van der Waals surface area contributed by atoms with Crippen LogP contribution in [0.4, 0.5) is 0 Å². The fraction of sp³-hybridized carbons (Fsp3) is 0. The van der Waals surface area contributed by atoms with Crippen molar-refractivity contribution in [3.63, 3.8) is 0 Å². The number of hydrogen-bond donors (Lipinski definition) is 0. The first kappa shape index (κ1) is 4.37. The molecule has 0 fully saturated rings. The van der Waals surface area contributed by atoms with Gasteiger partial charge in [0.25, 0.3) is 0 Å². The zero-order chi connectivity index (χ0) is 5.28. The molecule has 2 heteroatoms. The molecule has 0 unspecified atom stereocenters. The summed E-state index contributed by atoms with van der Waals surface area (Å²) >= 11 is 0. The van der Waals surface area contributed by atoms with Crippen LogP contribution in [0, 0.1) is 13.8 Å². The molecule has 4 radical (unpaired) electrons. The van der Waals surface area contributed by atoms with E-state index < -0.39 is 0 Å². The fourth-order valence-electron chi connectivity index (χ4n) is 0.264. The molecule has 0 bridgehead atoms. The summed E-state index contributed by atoms with van der Waals surface area (Å²) in [7, 11) is 0. The second-order valence-corrected chi connectivity index (χ2v) is 1.10. The normalized spacial score (nSPS) is 9.43. The molecule has 0 saturated carbocycles. The average molecular weight is 93.1 g/mol. The Morgan fingerprint density at radius 2 is 2.29 bits per heavy atom. The van der Waals surface area contributed by atoms with Crippen LogP contribution < -0.4 is 0 Å². The Balaban J connectivity index is 3.12. The first-order valence-electron chi connectivity index (χ1n) is 1.75. The standard InChI is InChI=1S/C5H3NO/c1-4-5(2)7-3-6-4/h1-3H. The van der Waals surface area contributed by atoms with Crippen LogP contribution in [-0.2, 0) is 0 Å². The maximum absolute atomic E-state index is 5.11. The van der Waals surface area contributed by atoms with Gasteiger partial charge in [-0.2, -0.15) is 0 Å². The van der Waals surface area contributed by atoms with Crippen molar-refractivity contribution in [2.75, 3.05) is 0 Å². The maximum Gasteiger partial charge on any atom is 0.181 e. The molecule has 2 nitrogen and oxygen atoms in total. The fourth-order valence-corrected chi connectivity index (χ4v) is 0.264. The van der Waals surface area contributed by atoms with E-state index in [2.05, 4.69) is 9.40 Å². The van der Waals surface area contributed by atoms with Crippen molar-refractivity contribution in [1.82, 2.24) is 4.98 Å². The van der Waals surface area contributed by atoms with Crippen molar-refractivity contribution in [1.29, 1.82) is 0 Å². The SMILES string of the molecule is [CH]c1ncoc1[CH]. The third kappa shape index (κ3) is 0.633. The second kappa shape index (κ2) is 1.37. The number of hydrogen-bond acceptors (Lipinski definition) is 2. The zero-order valence-corrected chi connectivity index (χ0v) is 3.59. The molecule has 7 heavy (non-hydrogen) atoms. The summed E-state index contributed by atoms with van der Waals surface area (Å²) in [4.78, 5) is 3.50. The van der Waals surface area contributed by atoms with E-state index in [-0.39, 0.29) is 11.5 Å². The maximum atomic E-state index is 5.11. The zero-order valence-electron chi connectivity index (χ0n) is 3.59. The summed E-state index contributed by atoms with van der Waals surface area (Å²) < 4.78 is 4.51. The monoisotopic (exact) mass is 93.0 g/mol. The van der Waals surface area contributed by atoms with Crippen LogP contribution in [0.1, 0.15) is 11.5 Å². The van der Waals surface area contributed by atoms with Gasteiger partial charge < -0.3 is 4.42 Å². The molecule has 1 rings (SSSR count). The molecular formula is C5H3NO. The van der Waals surface area contributed by atoms with Gasteiger partial charge in [0.15, 0.2) is 6.39 Å². The van der Waals surface area contributed by atoms with E-state index in [4.69, 9.17) is 13.8 Å². The van der Waals surface area contributed by atoms with Crippen molar-refractivity contribution in [3.8, 4) is 0 Å². The molecule has 0 aliphatic heterocycles. The number of aromatic nitrogens is 1. The van der Waals surface area contributed by atoms with Crippen molar-refractivity contribution in [3.05, 3.63) is 31.7 Å². The Morgan fingerprint density at radius 1 is 1.57 bits per heavy atom. The minimum Gasteiger partial charge on any atom is -0.448 e. The van der Waals surface area contributed by atoms with Crippen LogP contribution in [0.5, 0.6) is 0 Å². The van der Waals surface area contributed by atoms with Gasteiger partial charge in [-0.25, -0.2) is 4.98 Å². The van der Waals surface area contributed by atoms with Gasteiger partial charge in [-0.3, -0.25) is 0 Å². The molecule has 0 saturated heterocycles. The first-order chi connectivity index (χ1) is 3.30. The molecule has 34 valence electrons. The van der Waals surface area contributed by atoms with Crippen LogP contribution >= 0.6 is 0 Å². The summed E-state index contributed by atoms with van der Waals surface area (Å²) in [6.07, 6.45) is 1.20. The summed E-state index contributed by atoms with van der Waals surface area (Å²) in [5.74, 6) is 0.181. The summed E-state index contributed by atoms with van der Waals surface area (Å²) in [6, 6.07) is 0. The van der Waals surface area contributed by atoms with Crippen LogP contribution in [0.3, 0.4) is 0 Å². The van der Waals surface area contributed by atoms with E-state index in [0.717, 1.165) is 0 Å². The quantitative estimate of drug-likeness (QED) is 0.474. The molecule has 0 N–H and O–H groups in total. The lowest BCUT2D eigenvalue weighted by atomic mass is 10.4. The van der Waals surface area contributed by atoms with E-state index in [1.54, 1.807) is 0 Å². The van der Waals surface area contributed by atoms with Gasteiger partial charge in [-0.05, 0) is 0 Å². The molecule has 1 aromatic rings.